The van der Waals surface area contributed by atoms with Crippen LogP contribution in [0.2, 0.25) is 0 Å². The number of phenolic OH excluding ortho intramolecular Hbond substituents is 2. The van der Waals surface area contributed by atoms with E-state index in [1.807, 2.05) is 0 Å². The number of nitrogen functional groups attached to an aromatic ring is 1. The van der Waals surface area contributed by atoms with Crippen molar-refractivity contribution in [3.8, 4) is 46.3 Å². The Balaban J connectivity index is 1.82. The van der Waals surface area contributed by atoms with Gasteiger partial charge in [-0.05, 0) is 48.5 Å². The highest BCUT2D eigenvalue weighted by Crippen LogP contribution is 2.42. The van der Waals surface area contributed by atoms with E-state index in [4.69, 9.17) is 41.6 Å². The minimum absolute atomic E-state index is 0.0405. The Kier molecular flexibility index (Phi) is 7.70. The Morgan fingerprint density at radius 3 is 2.15 bits per heavy atom. The number of hydrogen-bond donors (Lipinski definition) is 8. The zero-order valence-corrected chi connectivity index (χ0v) is 20.6. The average molecular weight is 566 g/mol. The number of nitrogens with zero attached hydrogens (tertiary/aromatic N) is 1. The molecule has 1 heterocycles. The average Bonchev–Trinajstić information content (AvgIpc) is 2.90. The van der Waals surface area contributed by atoms with Crippen LogP contribution >= 0.6 is 0 Å². The number of pyridine rings is 1. The van der Waals surface area contributed by atoms with Crippen LogP contribution in [0, 0.1) is 22.5 Å². The first-order valence-electron chi connectivity index (χ1n) is 11.3. The highest BCUT2D eigenvalue weighted by molar-refractivity contribution is 5.95. The van der Waals surface area contributed by atoms with Gasteiger partial charge >= 0.3 is 5.97 Å². The van der Waals surface area contributed by atoms with E-state index in [9.17, 15) is 15.0 Å². The van der Waals surface area contributed by atoms with E-state index in [-0.39, 0.29) is 22.8 Å². The summed E-state index contributed by atoms with van der Waals surface area (Å²) in [5.41, 5.74) is 10.9. The number of carboxylic acid groups (broad SMARTS) is 1. The maximum Gasteiger partial charge on any atom is 0.335 e. The van der Waals surface area contributed by atoms with Crippen LogP contribution in [0.25, 0.3) is 0 Å². The number of amidine groups is 1. The van der Waals surface area contributed by atoms with Crippen LogP contribution in [0.4, 0.5) is 14.5 Å². The van der Waals surface area contributed by atoms with Crippen molar-refractivity contribution in [2.75, 3.05) is 5.32 Å². The molecule has 41 heavy (non-hydrogen) atoms. The number of hydrogen-bond acceptors (Lipinski definition) is 9. The van der Waals surface area contributed by atoms with E-state index in [1.165, 1.54) is 30.3 Å². The molecule has 4 aromatic rings. The number of ether oxygens (including phenoxy) is 3. The first kappa shape index (κ1) is 27.9. The number of benzene rings is 3. The quantitative estimate of drug-likeness (QED) is 0.104. The fourth-order valence-corrected chi connectivity index (χ4v) is 3.32. The Bertz CT molecular complexity index is 1700. The second-order valence-electron chi connectivity index (χ2n) is 8.14. The third-order valence-corrected chi connectivity index (χ3v) is 5.20. The number of guanidine groups is 1. The van der Waals surface area contributed by atoms with Crippen LogP contribution < -0.4 is 31.0 Å². The predicted molar refractivity (Wildman–Crippen MR) is 141 cm³/mol. The second-order valence-corrected chi connectivity index (χ2v) is 8.14. The summed E-state index contributed by atoms with van der Waals surface area (Å²) in [5, 5.41) is 46.9. The molecule has 0 fully saturated rings. The van der Waals surface area contributed by atoms with Gasteiger partial charge in [-0.2, -0.15) is 13.8 Å². The van der Waals surface area contributed by atoms with Gasteiger partial charge in [-0.25, -0.2) is 4.79 Å². The van der Waals surface area contributed by atoms with Crippen LogP contribution in [0.15, 0.2) is 60.7 Å². The molecule has 0 atom stereocenters. The molecule has 0 spiro atoms. The summed E-state index contributed by atoms with van der Waals surface area (Å²) in [7, 11) is 0. The lowest BCUT2D eigenvalue weighted by atomic mass is 10.2. The van der Waals surface area contributed by atoms with E-state index in [2.05, 4.69) is 10.3 Å². The Morgan fingerprint density at radius 1 is 0.829 bits per heavy atom. The molecule has 0 saturated heterocycles. The SMILES string of the molecule is N=C(N)Nc1cccc(Oc2nc(Oc3cc(C(=N)N)ccc3O)c(F)c(Oc3ccc(C(=O)O)cc3O)c2F)c1. The number of aromatic hydroxyl groups is 2. The van der Waals surface area contributed by atoms with Crippen LogP contribution in [0.3, 0.4) is 0 Å². The molecule has 0 radical (unpaired) electrons. The maximum atomic E-state index is 15.6. The number of rotatable bonds is 9. The van der Waals surface area contributed by atoms with E-state index in [0.717, 1.165) is 30.3 Å². The van der Waals surface area contributed by atoms with Crippen LogP contribution in [-0.4, -0.2) is 38.1 Å². The molecule has 0 aliphatic rings. The number of nitrogens with two attached hydrogens (primary N) is 2. The monoisotopic (exact) mass is 566 g/mol. The molecule has 10 N–H and O–H groups in total. The summed E-state index contributed by atoms with van der Waals surface area (Å²) in [5.74, 6) is -10.4. The highest BCUT2D eigenvalue weighted by Gasteiger charge is 2.27. The van der Waals surface area contributed by atoms with Crippen molar-refractivity contribution < 1.29 is 43.1 Å². The summed E-state index contributed by atoms with van der Waals surface area (Å²) >= 11 is 0. The normalized spacial score (nSPS) is 10.5. The van der Waals surface area contributed by atoms with E-state index < -0.39 is 63.9 Å². The summed E-state index contributed by atoms with van der Waals surface area (Å²) in [6.45, 7) is 0. The molecule has 4 rings (SSSR count). The van der Waals surface area contributed by atoms with Gasteiger partial charge in [-0.3, -0.25) is 10.8 Å². The van der Waals surface area contributed by atoms with Crippen LogP contribution in [-0.2, 0) is 0 Å². The zero-order chi connectivity index (χ0) is 29.8. The summed E-state index contributed by atoms with van der Waals surface area (Å²) in [4.78, 5) is 14.9. The van der Waals surface area contributed by atoms with Gasteiger partial charge in [0.1, 0.15) is 11.6 Å². The van der Waals surface area contributed by atoms with Gasteiger partial charge in [-0.1, -0.05) is 6.07 Å². The van der Waals surface area contributed by atoms with Crippen molar-refractivity contribution in [3.63, 3.8) is 0 Å². The molecule has 13 nitrogen and oxygen atoms in total. The molecule has 3 aromatic carbocycles. The molecular weight excluding hydrogens is 546 g/mol. The number of aromatic carboxylic acids is 1. The number of halogens is 2. The number of phenols is 2. The zero-order valence-electron chi connectivity index (χ0n) is 20.6. The Hall–Kier alpha value is -6.12. The summed E-state index contributed by atoms with van der Waals surface area (Å²) < 4.78 is 47.3. The lowest BCUT2D eigenvalue weighted by Gasteiger charge is -2.16. The first-order valence-corrected chi connectivity index (χ1v) is 11.3. The minimum atomic E-state index is -1.53. The van der Waals surface area contributed by atoms with Crippen LogP contribution in [0.5, 0.6) is 46.3 Å². The van der Waals surface area contributed by atoms with Crippen molar-refractivity contribution in [1.29, 1.82) is 10.8 Å². The van der Waals surface area contributed by atoms with Gasteiger partial charge in [0.2, 0.25) is 17.4 Å². The topological polar surface area (TPSA) is 230 Å². The molecule has 0 aliphatic heterocycles. The lowest BCUT2D eigenvalue weighted by Crippen LogP contribution is -2.20. The number of carboxylic acids is 1. The van der Waals surface area contributed by atoms with Crippen molar-refractivity contribution >= 4 is 23.5 Å². The van der Waals surface area contributed by atoms with E-state index in [1.54, 1.807) is 0 Å². The molecule has 15 heteroatoms. The Morgan fingerprint density at radius 2 is 1.51 bits per heavy atom. The first-order chi connectivity index (χ1) is 19.4. The van der Waals surface area contributed by atoms with E-state index >= 15 is 8.78 Å². The fourth-order valence-electron chi connectivity index (χ4n) is 3.32. The van der Waals surface area contributed by atoms with Crippen molar-refractivity contribution in [2.24, 2.45) is 11.5 Å². The molecule has 1 aromatic heterocycles. The molecule has 0 unspecified atom stereocenters. The maximum absolute atomic E-state index is 15.6. The number of anilines is 1. The molecule has 0 aliphatic carbocycles. The lowest BCUT2D eigenvalue weighted by molar-refractivity contribution is 0.0696. The highest BCUT2D eigenvalue weighted by atomic mass is 19.1. The van der Waals surface area contributed by atoms with Crippen LogP contribution in [0.1, 0.15) is 15.9 Å². The van der Waals surface area contributed by atoms with Crippen molar-refractivity contribution in [3.05, 3.63) is 83.4 Å². The van der Waals surface area contributed by atoms with Crippen molar-refractivity contribution in [2.45, 2.75) is 0 Å². The second kappa shape index (κ2) is 11.3. The third kappa shape index (κ3) is 6.31. The number of nitrogens with one attached hydrogen (secondary N) is 3. The van der Waals surface area contributed by atoms with E-state index in [0.29, 0.717) is 5.69 Å². The van der Waals surface area contributed by atoms with Gasteiger partial charge in [0, 0.05) is 17.3 Å². The summed E-state index contributed by atoms with van der Waals surface area (Å²) in [6.07, 6.45) is 0. The van der Waals surface area contributed by atoms with Gasteiger partial charge in [-0.15, -0.1) is 0 Å². The number of aromatic nitrogens is 1. The van der Waals surface area contributed by atoms with Gasteiger partial charge in [0.15, 0.2) is 29.0 Å². The molecular formula is C26H20F2N6O7. The predicted octanol–water partition coefficient (Wildman–Crippen LogP) is 4.44. The fraction of sp³-hybridized carbons (Fsp3) is 0. The molecule has 0 amide bonds. The number of carbonyl (C=O) groups is 1. The molecule has 0 bridgehead atoms. The molecule has 210 valence electrons. The van der Waals surface area contributed by atoms with Gasteiger partial charge in [0.05, 0.1) is 5.56 Å². The third-order valence-electron chi connectivity index (χ3n) is 5.20. The molecule has 0 saturated carbocycles. The minimum Gasteiger partial charge on any atom is -0.504 e. The Labute approximate surface area is 229 Å². The van der Waals surface area contributed by atoms with Gasteiger partial charge < -0.3 is 46.3 Å². The largest absolute Gasteiger partial charge is 0.504 e. The van der Waals surface area contributed by atoms with Crippen molar-refractivity contribution in [1.82, 2.24) is 4.98 Å². The standard InChI is InChI=1S/C26H20F2N6O7/c27-19-21(40-17-7-5-12(25(37)38)8-16(17)36)20(28)24(41-18-9-11(22(29)30)4-6-15(18)35)34-23(19)39-14-3-1-2-13(10-14)33-26(31)32/h1-10,35-36H,(H3,29,30)(H,37,38)(H4,31,32,33). The summed E-state index contributed by atoms with van der Waals surface area (Å²) in [6, 6.07) is 12.1. The van der Waals surface area contributed by atoms with Gasteiger partial charge in [0.25, 0.3) is 11.8 Å². The smallest absolute Gasteiger partial charge is 0.335 e.